The fourth-order valence-electron chi connectivity index (χ4n) is 2.43. The minimum atomic E-state index is -3.88. The standard InChI is InChI=1S/C12H17N3O5S/c1-14-7-9(21(13,19)20)5-10(14)11(16)15-4-2-3-8(6-15)12(17)18/h5,7-8H,2-4,6H2,1H3,(H,17,18)(H2,13,19,20). The summed E-state index contributed by atoms with van der Waals surface area (Å²) in [6.07, 6.45) is 2.41. The first-order valence-electron chi connectivity index (χ1n) is 6.41. The Bertz CT molecular complexity index is 679. The maximum absolute atomic E-state index is 12.4. The lowest BCUT2D eigenvalue weighted by Gasteiger charge is -2.30. The van der Waals surface area contributed by atoms with Crippen molar-refractivity contribution in [1.82, 2.24) is 9.47 Å². The molecule has 0 spiro atoms. The third kappa shape index (κ3) is 3.24. The number of hydrogen-bond acceptors (Lipinski definition) is 4. The molecule has 3 N–H and O–H groups in total. The molecule has 0 aromatic carbocycles. The number of nitrogens with two attached hydrogens (primary N) is 1. The number of aryl methyl sites for hydroxylation is 1. The summed E-state index contributed by atoms with van der Waals surface area (Å²) in [7, 11) is -2.34. The van der Waals surface area contributed by atoms with Crippen molar-refractivity contribution in [2.45, 2.75) is 17.7 Å². The first kappa shape index (κ1) is 15.5. The molecule has 1 amide bonds. The van der Waals surface area contributed by atoms with Crippen LogP contribution >= 0.6 is 0 Å². The van der Waals surface area contributed by atoms with Crippen molar-refractivity contribution in [1.29, 1.82) is 0 Å². The maximum Gasteiger partial charge on any atom is 0.308 e. The van der Waals surface area contributed by atoms with Crippen molar-refractivity contribution in [2.24, 2.45) is 18.1 Å². The number of carbonyl (C=O) groups is 2. The maximum atomic E-state index is 12.4. The molecule has 0 bridgehead atoms. The zero-order valence-corrected chi connectivity index (χ0v) is 12.3. The lowest BCUT2D eigenvalue weighted by molar-refractivity contribution is -0.143. The van der Waals surface area contributed by atoms with E-state index in [4.69, 9.17) is 10.2 Å². The Labute approximate surface area is 122 Å². The molecule has 1 unspecified atom stereocenters. The van der Waals surface area contributed by atoms with Gasteiger partial charge >= 0.3 is 5.97 Å². The van der Waals surface area contributed by atoms with E-state index in [0.29, 0.717) is 19.4 Å². The van der Waals surface area contributed by atoms with E-state index < -0.39 is 27.8 Å². The molecule has 0 radical (unpaired) electrons. The fourth-order valence-corrected chi connectivity index (χ4v) is 3.01. The Hall–Kier alpha value is -1.87. The lowest BCUT2D eigenvalue weighted by atomic mass is 9.98. The van der Waals surface area contributed by atoms with Gasteiger partial charge in [-0.1, -0.05) is 0 Å². The van der Waals surface area contributed by atoms with Crippen molar-refractivity contribution in [3.63, 3.8) is 0 Å². The summed E-state index contributed by atoms with van der Waals surface area (Å²) in [5, 5.41) is 14.1. The number of likely N-dealkylation sites (tertiary alicyclic amines) is 1. The third-order valence-corrected chi connectivity index (χ3v) is 4.47. The number of aliphatic carboxylic acids is 1. The van der Waals surface area contributed by atoms with E-state index in [-0.39, 0.29) is 17.1 Å². The van der Waals surface area contributed by atoms with Gasteiger partial charge in [0.15, 0.2) is 0 Å². The molecule has 0 aliphatic carbocycles. The Morgan fingerprint density at radius 3 is 2.62 bits per heavy atom. The predicted octanol–water partition coefficient (Wildman–Crippen LogP) is -0.391. The first-order chi connectivity index (χ1) is 9.70. The van der Waals surface area contributed by atoms with Gasteiger partial charge in [0.2, 0.25) is 10.0 Å². The number of carbonyl (C=O) groups excluding carboxylic acids is 1. The van der Waals surface area contributed by atoms with Gasteiger partial charge < -0.3 is 14.6 Å². The van der Waals surface area contributed by atoms with Crippen LogP contribution in [0.4, 0.5) is 0 Å². The van der Waals surface area contributed by atoms with Crippen molar-refractivity contribution in [2.75, 3.05) is 13.1 Å². The van der Waals surface area contributed by atoms with Crippen LogP contribution in [-0.2, 0) is 21.9 Å². The molecule has 21 heavy (non-hydrogen) atoms. The summed E-state index contributed by atoms with van der Waals surface area (Å²) in [6.45, 7) is 0.586. The van der Waals surface area contributed by atoms with Crippen LogP contribution in [0, 0.1) is 5.92 Å². The van der Waals surface area contributed by atoms with E-state index in [1.165, 1.54) is 21.7 Å². The highest BCUT2D eigenvalue weighted by atomic mass is 32.2. The van der Waals surface area contributed by atoms with Crippen LogP contribution in [0.15, 0.2) is 17.2 Å². The Morgan fingerprint density at radius 1 is 1.43 bits per heavy atom. The van der Waals surface area contributed by atoms with Crippen molar-refractivity contribution < 1.29 is 23.1 Å². The van der Waals surface area contributed by atoms with E-state index in [1.54, 1.807) is 7.05 Å². The summed E-state index contributed by atoms with van der Waals surface area (Å²) >= 11 is 0. The fraction of sp³-hybridized carbons (Fsp3) is 0.500. The average molecular weight is 315 g/mol. The topological polar surface area (TPSA) is 123 Å². The number of amides is 1. The SMILES string of the molecule is Cn1cc(S(N)(=O)=O)cc1C(=O)N1CCCC(C(=O)O)C1. The molecule has 1 aromatic heterocycles. The summed E-state index contributed by atoms with van der Waals surface area (Å²) in [4.78, 5) is 24.7. The molecule has 2 rings (SSSR count). The number of carboxylic acid groups (broad SMARTS) is 1. The zero-order chi connectivity index (χ0) is 15.8. The third-order valence-electron chi connectivity index (χ3n) is 3.59. The Morgan fingerprint density at radius 2 is 2.10 bits per heavy atom. The molecule has 9 heteroatoms. The Kier molecular flexibility index (Phi) is 4.06. The van der Waals surface area contributed by atoms with Crippen LogP contribution in [0.2, 0.25) is 0 Å². The van der Waals surface area contributed by atoms with Gasteiger partial charge in [-0.05, 0) is 18.9 Å². The van der Waals surface area contributed by atoms with Crippen LogP contribution in [-0.4, -0.2) is 48.0 Å². The average Bonchev–Trinajstić information content (AvgIpc) is 2.80. The van der Waals surface area contributed by atoms with Gasteiger partial charge in [0.1, 0.15) is 10.6 Å². The minimum Gasteiger partial charge on any atom is -0.481 e. The molecular formula is C12H17N3O5S. The highest BCUT2D eigenvalue weighted by Crippen LogP contribution is 2.20. The van der Waals surface area contributed by atoms with Crippen LogP contribution in [0.1, 0.15) is 23.3 Å². The van der Waals surface area contributed by atoms with Gasteiger partial charge in [-0.15, -0.1) is 0 Å². The molecule has 1 saturated heterocycles. The summed E-state index contributed by atoms with van der Waals surface area (Å²) in [5.74, 6) is -1.90. The molecule has 1 aliphatic heterocycles. The lowest BCUT2D eigenvalue weighted by Crippen LogP contribution is -2.42. The predicted molar refractivity (Wildman–Crippen MR) is 73.0 cm³/mol. The van der Waals surface area contributed by atoms with Crippen molar-refractivity contribution in [3.8, 4) is 0 Å². The van der Waals surface area contributed by atoms with Gasteiger partial charge in [-0.3, -0.25) is 9.59 Å². The molecule has 8 nitrogen and oxygen atoms in total. The van der Waals surface area contributed by atoms with Gasteiger partial charge in [-0.2, -0.15) is 0 Å². The number of carboxylic acids is 1. The molecule has 116 valence electrons. The van der Waals surface area contributed by atoms with Crippen LogP contribution in [0.5, 0.6) is 0 Å². The first-order valence-corrected chi connectivity index (χ1v) is 7.96. The number of sulfonamides is 1. The highest BCUT2D eigenvalue weighted by molar-refractivity contribution is 7.89. The number of primary sulfonamides is 1. The molecule has 0 saturated carbocycles. The molecular weight excluding hydrogens is 298 g/mol. The van der Waals surface area contributed by atoms with Crippen LogP contribution in [0.25, 0.3) is 0 Å². The number of hydrogen-bond donors (Lipinski definition) is 2. The second kappa shape index (κ2) is 5.49. The molecule has 1 aliphatic rings. The van der Waals surface area contributed by atoms with E-state index >= 15 is 0 Å². The number of rotatable bonds is 3. The number of aromatic nitrogens is 1. The molecule has 2 heterocycles. The normalized spacial score (nSPS) is 19.5. The highest BCUT2D eigenvalue weighted by Gasteiger charge is 2.30. The number of piperidine rings is 1. The Balaban J connectivity index is 2.24. The van der Waals surface area contributed by atoms with E-state index in [1.807, 2.05) is 0 Å². The van der Waals surface area contributed by atoms with Gasteiger partial charge in [0.05, 0.1) is 5.92 Å². The van der Waals surface area contributed by atoms with Gasteiger partial charge in [0.25, 0.3) is 5.91 Å². The van der Waals surface area contributed by atoms with E-state index in [9.17, 15) is 18.0 Å². The second-order valence-corrected chi connectivity index (χ2v) is 6.71. The summed E-state index contributed by atoms with van der Waals surface area (Å²) in [5.41, 5.74) is 0.171. The van der Waals surface area contributed by atoms with Crippen LogP contribution in [0.3, 0.4) is 0 Å². The summed E-state index contributed by atoms with van der Waals surface area (Å²) in [6, 6.07) is 1.21. The van der Waals surface area contributed by atoms with Gasteiger partial charge in [-0.25, -0.2) is 13.6 Å². The monoisotopic (exact) mass is 315 g/mol. The molecule has 1 atom stereocenters. The molecule has 1 aromatic rings. The smallest absolute Gasteiger partial charge is 0.308 e. The van der Waals surface area contributed by atoms with Gasteiger partial charge in [0, 0.05) is 26.3 Å². The van der Waals surface area contributed by atoms with E-state index in [2.05, 4.69) is 0 Å². The quantitative estimate of drug-likeness (QED) is 0.786. The number of nitrogens with zero attached hydrogens (tertiary/aromatic N) is 2. The summed E-state index contributed by atoms with van der Waals surface area (Å²) < 4.78 is 24.0. The van der Waals surface area contributed by atoms with Crippen LogP contribution < -0.4 is 5.14 Å². The van der Waals surface area contributed by atoms with Crippen molar-refractivity contribution >= 4 is 21.9 Å². The largest absolute Gasteiger partial charge is 0.481 e. The van der Waals surface area contributed by atoms with E-state index in [0.717, 1.165) is 0 Å². The minimum absolute atomic E-state index is 0.129. The zero-order valence-electron chi connectivity index (χ0n) is 11.5. The second-order valence-electron chi connectivity index (χ2n) is 5.15. The van der Waals surface area contributed by atoms with Crippen molar-refractivity contribution in [3.05, 3.63) is 18.0 Å². The molecule has 1 fully saturated rings.